The number of halogens is 1. The molecule has 1 heterocycles. The predicted molar refractivity (Wildman–Crippen MR) is 57.0 cm³/mol. The van der Waals surface area contributed by atoms with Crippen molar-refractivity contribution in [2.24, 2.45) is 5.73 Å². The quantitative estimate of drug-likeness (QED) is 0.522. The zero-order valence-corrected chi connectivity index (χ0v) is 8.56. The lowest BCUT2D eigenvalue weighted by molar-refractivity contribution is 1.37. The number of hydrogen-bond donors (Lipinski definition) is 3. The second-order valence-electron chi connectivity index (χ2n) is 1.82. The van der Waals surface area contributed by atoms with Gasteiger partial charge in [0.05, 0.1) is 0 Å². The average molecular weight is 225 g/mol. The molecule has 0 unspecified atom stereocenters. The lowest BCUT2D eigenvalue weighted by Crippen LogP contribution is -2.03. The van der Waals surface area contributed by atoms with Gasteiger partial charge in [-0.05, 0) is 0 Å². The molecular weight excluding hydrogens is 216 g/mol. The van der Waals surface area contributed by atoms with E-state index in [4.69, 9.17) is 16.9 Å². The Balaban J connectivity index is 0.00000121. The van der Waals surface area contributed by atoms with Crippen molar-refractivity contribution < 1.29 is 0 Å². The summed E-state index contributed by atoms with van der Waals surface area (Å²) in [6.45, 7) is 0. The summed E-state index contributed by atoms with van der Waals surface area (Å²) < 4.78 is 0. The fourth-order valence-corrected chi connectivity index (χ4v) is 1.80. The maximum absolute atomic E-state index is 6.94. The third-order valence-corrected chi connectivity index (χ3v) is 2.72. The SMILES string of the molecule is Cl.N=C(N)SCc1cnc(N)s1. The molecule has 1 rings (SSSR count). The Kier molecular flexibility index (Phi) is 5.03. The summed E-state index contributed by atoms with van der Waals surface area (Å²) in [6, 6.07) is 0. The van der Waals surface area contributed by atoms with Gasteiger partial charge in [-0.3, -0.25) is 5.41 Å². The summed E-state index contributed by atoms with van der Waals surface area (Å²) >= 11 is 2.70. The van der Waals surface area contributed by atoms with Gasteiger partial charge in [0.15, 0.2) is 10.3 Å². The first-order chi connectivity index (χ1) is 5.18. The summed E-state index contributed by atoms with van der Waals surface area (Å²) in [4.78, 5) is 4.91. The Bertz CT molecular complexity index is 262. The van der Waals surface area contributed by atoms with Crippen molar-refractivity contribution in [2.45, 2.75) is 5.75 Å². The maximum atomic E-state index is 6.94. The van der Waals surface area contributed by atoms with Crippen LogP contribution in [0.4, 0.5) is 5.13 Å². The molecule has 0 aliphatic heterocycles. The highest BCUT2D eigenvalue weighted by molar-refractivity contribution is 8.13. The molecule has 68 valence electrons. The number of hydrogen-bond acceptors (Lipinski definition) is 5. The van der Waals surface area contributed by atoms with Crippen molar-refractivity contribution in [1.29, 1.82) is 5.41 Å². The minimum atomic E-state index is 0. The number of thiazole rings is 1. The van der Waals surface area contributed by atoms with E-state index in [1.807, 2.05) is 0 Å². The molecule has 0 bridgehead atoms. The number of amidine groups is 1. The van der Waals surface area contributed by atoms with Gasteiger partial charge in [0.1, 0.15) is 0 Å². The first-order valence-corrected chi connectivity index (χ1v) is 4.65. The van der Waals surface area contributed by atoms with E-state index < -0.39 is 0 Å². The van der Waals surface area contributed by atoms with Crippen molar-refractivity contribution >= 4 is 45.8 Å². The van der Waals surface area contributed by atoms with Gasteiger partial charge in [-0.1, -0.05) is 11.8 Å². The molecule has 1 aromatic rings. The maximum Gasteiger partial charge on any atom is 0.180 e. The number of nitrogens with zero attached hydrogens (tertiary/aromatic N) is 1. The van der Waals surface area contributed by atoms with E-state index in [9.17, 15) is 0 Å². The van der Waals surface area contributed by atoms with Crippen LogP contribution in [0.1, 0.15) is 4.88 Å². The molecular formula is C5H9ClN4S2. The van der Waals surface area contributed by atoms with Gasteiger partial charge in [0.2, 0.25) is 0 Å². The fraction of sp³-hybridized carbons (Fsp3) is 0.200. The van der Waals surface area contributed by atoms with E-state index in [1.54, 1.807) is 6.20 Å². The predicted octanol–water partition coefficient (Wildman–Crippen LogP) is 1.27. The molecule has 0 saturated heterocycles. The van der Waals surface area contributed by atoms with Crippen LogP contribution in [0.25, 0.3) is 0 Å². The first-order valence-electron chi connectivity index (χ1n) is 2.85. The normalized spacial score (nSPS) is 9.00. The Morgan fingerprint density at radius 2 is 2.42 bits per heavy atom. The van der Waals surface area contributed by atoms with E-state index >= 15 is 0 Å². The van der Waals surface area contributed by atoms with Gasteiger partial charge in [-0.25, -0.2) is 4.98 Å². The Labute approximate surface area is 84.7 Å². The third kappa shape index (κ3) is 3.80. The Morgan fingerprint density at radius 3 is 2.83 bits per heavy atom. The van der Waals surface area contributed by atoms with Gasteiger partial charge in [-0.2, -0.15) is 0 Å². The lowest BCUT2D eigenvalue weighted by atomic mass is 10.6. The molecule has 12 heavy (non-hydrogen) atoms. The highest BCUT2D eigenvalue weighted by Crippen LogP contribution is 2.19. The van der Waals surface area contributed by atoms with Crippen molar-refractivity contribution in [3.05, 3.63) is 11.1 Å². The minimum Gasteiger partial charge on any atom is -0.379 e. The van der Waals surface area contributed by atoms with E-state index in [1.165, 1.54) is 23.1 Å². The van der Waals surface area contributed by atoms with Gasteiger partial charge < -0.3 is 11.5 Å². The molecule has 0 atom stereocenters. The Hall–Kier alpha value is -0.460. The molecule has 0 aliphatic rings. The number of nitrogen functional groups attached to an aromatic ring is 1. The molecule has 0 aliphatic carbocycles. The minimum absolute atomic E-state index is 0. The molecule has 7 heteroatoms. The van der Waals surface area contributed by atoms with Crippen LogP contribution in [0.15, 0.2) is 6.20 Å². The van der Waals surface area contributed by atoms with E-state index in [0.717, 1.165) is 4.88 Å². The number of nitrogens with two attached hydrogens (primary N) is 2. The number of thioether (sulfide) groups is 1. The zero-order valence-electron chi connectivity index (χ0n) is 6.11. The fourth-order valence-electron chi connectivity index (χ4n) is 0.538. The monoisotopic (exact) mass is 224 g/mol. The van der Waals surface area contributed by atoms with E-state index in [0.29, 0.717) is 10.9 Å². The van der Waals surface area contributed by atoms with Gasteiger partial charge in [-0.15, -0.1) is 23.7 Å². The third-order valence-electron chi connectivity index (χ3n) is 0.941. The molecule has 0 aromatic carbocycles. The summed E-state index contributed by atoms with van der Waals surface area (Å²) in [6.07, 6.45) is 1.70. The average Bonchev–Trinajstić information content (AvgIpc) is 2.31. The van der Waals surface area contributed by atoms with Crippen LogP contribution in [0.3, 0.4) is 0 Å². The second-order valence-corrected chi connectivity index (χ2v) is 3.98. The smallest absolute Gasteiger partial charge is 0.180 e. The molecule has 4 nitrogen and oxygen atoms in total. The summed E-state index contributed by atoms with van der Waals surface area (Å²) in [5.41, 5.74) is 10.5. The second kappa shape index (κ2) is 5.23. The summed E-state index contributed by atoms with van der Waals surface area (Å²) in [7, 11) is 0. The Morgan fingerprint density at radius 1 is 1.75 bits per heavy atom. The number of anilines is 1. The molecule has 0 radical (unpaired) electrons. The van der Waals surface area contributed by atoms with E-state index in [2.05, 4.69) is 4.98 Å². The molecule has 0 spiro atoms. The van der Waals surface area contributed by atoms with Crippen LogP contribution in [-0.2, 0) is 5.75 Å². The standard InChI is InChI=1S/C5H8N4S2.ClH/c6-4(7)10-2-3-1-9-5(8)11-3;/h1H,2H2,(H3,6,7)(H2,8,9);1H. The number of nitrogens with one attached hydrogen (secondary N) is 1. The van der Waals surface area contributed by atoms with Crippen LogP contribution < -0.4 is 11.5 Å². The lowest BCUT2D eigenvalue weighted by Gasteiger charge is -1.92. The highest BCUT2D eigenvalue weighted by Gasteiger charge is 1.98. The van der Waals surface area contributed by atoms with E-state index in [-0.39, 0.29) is 17.6 Å². The van der Waals surface area contributed by atoms with Crippen molar-refractivity contribution in [1.82, 2.24) is 4.98 Å². The van der Waals surface area contributed by atoms with Gasteiger partial charge in [0, 0.05) is 16.8 Å². The zero-order chi connectivity index (χ0) is 8.27. The van der Waals surface area contributed by atoms with Crippen molar-refractivity contribution in [3.63, 3.8) is 0 Å². The van der Waals surface area contributed by atoms with Crippen LogP contribution in [0, 0.1) is 5.41 Å². The van der Waals surface area contributed by atoms with Gasteiger partial charge >= 0.3 is 0 Å². The van der Waals surface area contributed by atoms with Gasteiger partial charge in [0.25, 0.3) is 0 Å². The topological polar surface area (TPSA) is 88.8 Å². The van der Waals surface area contributed by atoms with Crippen molar-refractivity contribution in [2.75, 3.05) is 5.73 Å². The number of aromatic nitrogens is 1. The van der Waals surface area contributed by atoms with Crippen LogP contribution >= 0.6 is 35.5 Å². The highest BCUT2D eigenvalue weighted by atomic mass is 35.5. The molecule has 0 amide bonds. The van der Waals surface area contributed by atoms with Crippen LogP contribution in [0.2, 0.25) is 0 Å². The summed E-state index contributed by atoms with van der Waals surface area (Å²) in [5, 5.41) is 7.63. The van der Waals surface area contributed by atoms with Crippen LogP contribution in [0.5, 0.6) is 0 Å². The molecule has 0 saturated carbocycles. The largest absolute Gasteiger partial charge is 0.379 e. The molecule has 0 fully saturated rings. The molecule has 1 aromatic heterocycles. The molecule has 5 N–H and O–H groups in total. The first kappa shape index (κ1) is 11.5. The number of rotatable bonds is 2. The van der Waals surface area contributed by atoms with Crippen LogP contribution in [-0.4, -0.2) is 10.2 Å². The van der Waals surface area contributed by atoms with Crippen molar-refractivity contribution in [3.8, 4) is 0 Å². The summed E-state index contributed by atoms with van der Waals surface area (Å²) in [5.74, 6) is 0.685.